The maximum Gasteiger partial charge on any atom is 0.222 e. The van der Waals surface area contributed by atoms with E-state index in [0.29, 0.717) is 24.5 Å². The number of amides is 1. The molecule has 1 saturated heterocycles. The monoisotopic (exact) mass is 235 g/mol. The maximum atomic E-state index is 11.5. The van der Waals surface area contributed by atoms with Crippen molar-refractivity contribution < 1.29 is 14.3 Å². The Morgan fingerprint density at radius 1 is 1.24 bits per heavy atom. The summed E-state index contributed by atoms with van der Waals surface area (Å²) in [6.07, 6.45) is 1.64. The summed E-state index contributed by atoms with van der Waals surface area (Å²) in [4.78, 5) is 13.4. The van der Waals surface area contributed by atoms with Crippen molar-refractivity contribution >= 4 is 5.91 Å². The number of ether oxygens (including phenoxy) is 2. The lowest BCUT2D eigenvalue weighted by atomic mass is 10.2. The molecule has 0 N–H and O–H groups in total. The fraction of sp³-hybridized carbons (Fsp3) is 0.462. The van der Waals surface area contributed by atoms with E-state index in [4.69, 9.17) is 9.47 Å². The average Bonchev–Trinajstić information content (AvgIpc) is 2.75. The average molecular weight is 235 g/mol. The van der Waals surface area contributed by atoms with Gasteiger partial charge in [0.25, 0.3) is 0 Å². The maximum absolute atomic E-state index is 11.5. The number of benzene rings is 1. The van der Waals surface area contributed by atoms with Gasteiger partial charge in [-0.3, -0.25) is 4.79 Å². The van der Waals surface area contributed by atoms with Crippen LogP contribution in [0.3, 0.4) is 0 Å². The number of carbonyl (C=O) groups is 1. The Bertz CT molecular complexity index is 417. The van der Waals surface area contributed by atoms with Crippen LogP contribution in [0.15, 0.2) is 18.2 Å². The molecular weight excluding hydrogens is 218 g/mol. The highest BCUT2D eigenvalue weighted by Crippen LogP contribution is 2.28. The third kappa shape index (κ3) is 2.52. The van der Waals surface area contributed by atoms with Crippen molar-refractivity contribution in [2.75, 3.05) is 20.8 Å². The Balaban J connectivity index is 2.13. The van der Waals surface area contributed by atoms with Gasteiger partial charge in [-0.15, -0.1) is 0 Å². The van der Waals surface area contributed by atoms with Crippen molar-refractivity contribution in [3.05, 3.63) is 23.8 Å². The molecule has 4 nitrogen and oxygen atoms in total. The molecule has 17 heavy (non-hydrogen) atoms. The first-order valence-corrected chi connectivity index (χ1v) is 5.73. The van der Waals surface area contributed by atoms with Crippen LogP contribution >= 0.6 is 0 Å². The van der Waals surface area contributed by atoms with E-state index < -0.39 is 0 Å². The van der Waals surface area contributed by atoms with E-state index >= 15 is 0 Å². The molecule has 0 saturated carbocycles. The minimum atomic E-state index is 0.236. The van der Waals surface area contributed by atoms with Crippen molar-refractivity contribution in [2.24, 2.45) is 0 Å². The Hall–Kier alpha value is -1.71. The van der Waals surface area contributed by atoms with E-state index in [2.05, 4.69) is 0 Å². The Morgan fingerprint density at radius 3 is 2.59 bits per heavy atom. The van der Waals surface area contributed by atoms with Gasteiger partial charge < -0.3 is 14.4 Å². The van der Waals surface area contributed by atoms with Crippen LogP contribution in [-0.4, -0.2) is 31.6 Å². The molecule has 1 aliphatic rings. The number of rotatable bonds is 4. The summed E-state index contributed by atoms with van der Waals surface area (Å²) in [7, 11) is 3.23. The van der Waals surface area contributed by atoms with Crippen LogP contribution < -0.4 is 9.47 Å². The number of carbonyl (C=O) groups excluding carboxylic acids is 1. The predicted molar refractivity (Wildman–Crippen MR) is 64.2 cm³/mol. The van der Waals surface area contributed by atoms with Gasteiger partial charge in [0.2, 0.25) is 5.91 Å². The van der Waals surface area contributed by atoms with Gasteiger partial charge in [0.1, 0.15) is 0 Å². The number of nitrogens with zero attached hydrogens (tertiary/aromatic N) is 1. The third-order valence-electron chi connectivity index (χ3n) is 2.99. The minimum Gasteiger partial charge on any atom is -0.493 e. The lowest BCUT2D eigenvalue weighted by Gasteiger charge is -2.16. The molecule has 1 aliphatic heterocycles. The van der Waals surface area contributed by atoms with Gasteiger partial charge in [-0.05, 0) is 24.1 Å². The zero-order chi connectivity index (χ0) is 12.3. The quantitative estimate of drug-likeness (QED) is 0.799. The molecule has 1 fully saturated rings. The Labute approximate surface area is 101 Å². The summed E-state index contributed by atoms with van der Waals surface area (Å²) in [5.41, 5.74) is 1.07. The second-order valence-electron chi connectivity index (χ2n) is 4.11. The number of hydrogen-bond donors (Lipinski definition) is 0. The second kappa shape index (κ2) is 5.08. The van der Waals surface area contributed by atoms with Crippen molar-refractivity contribution in [2.45, 2.75) is 19.4 Å². The van der Waals surface area contributed by atoms with Gasteiger partial charge >= 0.3 is 0 Å². The largest absolute Gasteiger partial charge is 0.493 e. The lowest BCUT2D eigenvalue weighted by Crippen LogP contribution is -2.23. The Morgan fingerprint density at radius 2 is 2.00 bits per heavy atom. The van der Waals surface area contributed by atoms with E-state index in [9.17, 15) is 4.79 Å². The summed E-state index contributed by atoms with van der Waals surface area (Å²) in [5.74, 6) is 1.65. The molecule has 1 amide bonds. The standard InChI is InChI=1S/C13H17NO3/c1-16-11-6-5-10(8-12(11)17-2)9-14-7-3-4-13(14)15/h5-6,8H,3-4,7,9H2,1-2H3. The first-order valence-electron chi connectivity index (χ1n) is 5.73. The molecule has 1 aromatic rings. The van der Waals surface area contributed by atoms with E-state index in [1.54, 1.807) is 14.2 Å². The molecule has 4 heteroatoms. The second-order valence-corrected chi connectivity index (χ2v) is 4.11. The molecule has 0 bridgehead atoms. The fourth-order valence-electron chi connectivity index (χ4n) is 2.07. The van der Waals surface area contributed by atoms with Crippen LogP contribution in [0.5, 0.6) is 11.5 Å². The molecule has 2 rings (SSSR count). The summed E-state index contributed by atoms with van der Waals surface area (Å²) in [6.45, 7) is 1.51. The normalized spacial score (nSPS) is 15.2. The Kier molecular flexibility index (Phi) is 3.52. The molecule has 0 atom stereocenters. The SMILES string of the molecule is COc1ccc(CN2CCCC2=O)cc1OC. The minimum absolute atomic E-state index is 0.236. The third-order valence-corrected chi connectivity index (χ3v) is 2.99. The van der Waals surface area contributed by atoms with Crippen molar-refractivity contribution in [1.82, 2.24) is 4.90 Å². The lowest BCUT2D eigenvalue weighted by molar-refractivity contribution is -0.128. The van der Waals surface area contributed by atoms with Crippen LogP contribution in [0.1, 0.15) is 18.4 Å². The molecule has 1 aromatic carbocycles. The van der Waals surface area contributed by atoms with Gasteiger partial charge in [-0.25, -0.2) is 0 Å². The number of methoxy groups -OCH3 is 2. The molecule has 0 aromatic heterocycles. The van der Waals surface area contributed by atoms with E-state index in [1.807, 2.05) is 23.1 Å². The number of hydrogen-bond acceptors (Lipinski definition) is 3. The highest BCUT2D eigenvalue weighted by molar-refractivity contribution is 5.78. The van der Waals surface area contributed by atoms with Crippen LogP contribution in [0.4, 0.5) is 0 Å². The van der Waals surface area contributed by atoms with Gasteiger partial charge in [-0.1, -0.05) is 6.07 Å². The summed E-state index contributed by atoms with van der Waals surface area (Å²) in [6, 6.07) is 5.76. The molecule has 0 radical (unpaired) electrons. The molecule has 1 heterocycles. The van der Waals surface area contributed by atoms with Crippen molar-refractivity contribution in [1.29, 1.82) is 0 Å². The van der Waals surface area contributed by atoms with Crippen molar-refractivity contribution in [3.63, 3.8) is 0 Å². The highest BCUT2D eigenvalue weighted by atomic mass is 16.5. The zero-order valence-electron chi connectivity index (χ0n) is 10.2. The fourth-order valence-corrected chi connectivity index (χ4v) is 2.07. The molecule has 92 valence electrons. The molecule has 0 unspecified atom stereocenters. The molecular formula is C13H17NO3. The van der Waals surface area contributed by atoms with Crippen LogP contribution in [0.2, 0.25) is 0 Å². The first-order chi connectivity index (χ1) is 8.24. The zero-order valence-corrected chi connectivity index (χ0v) is 10.2. The van der Waals surface area contributed by atoms with E-state index in [0.717, 1.165) is 18.5 Å². The van der Waals surface area contributed by atoms with Crippen LogP contribution in [0.25, 0.3) is 0 Å². The van der Waals surface area contributed by atoms with Gasteiger partial charge in [0.15, 0.2) is 11.5 Å². The van der Waals surface area contributed by atoms with E-state index in [-0.39, 0.29) is 5.91 Å². The molecule has 0 aliphatic carbocycles. The predicted octanol–water partition coefficient (Wildman–Crippen LogP) is 1.83. The van der Waals surface area contributed by atoms with E-state index in [1.165, 1.54) is 0 Å². The van der Waals surface area contributed by atoms with Gasteiger partial charge in [0.05, 0.1) is 14.2 Å². The van der Waals surface area contributed by atoms with Crippen LogP contribution in [-0.2, 0) is 11.3 Å². The van der Waals surface area contributed by atoms with Gasteiger partial charge in [-0.2, -0.15) is 0 Å². The summed E-state index contributed by atoms with van der Waals surface area (Å²) < 4.78 is 10.4. The smallest absolute Gasteiger partial charge is 0.222 e. The molecule has 0 spiro atoms. The van der Waals surface area contributed by atoms with Gasteiger partial charge in [0, 0.05) is 19.5 Å². The topological polar surface area (TPSA) is 38.8 Å². The number of likely N-dealkylation sites (tertiary alicyclic amines) is 1. The summed E-state index contributed by atoms with van der Waals surface area (Å²) in [5, 5.41) is 0. The highest BCUT2D eigenvalue weighted by Gasteiger charge is 2.20. The first kappa shape index (κ1) is 11.8. The summed E-state index contributed by atoms with van der Waals surface area (Å²) >= 11 is 0. The van der Waals surface area contributed by atoms with Crippen molar-refractivity contribution in [3.8, 4) is 11.5 Å². The van der Waals surface area contributed by atoms with Crippen LogP contribution in [0, 0.1) is 0 Å².